The Morgan fingerprint density at radius 1 is 1.45 bits per heavy atom. The zero-order valence-corrected chi connectivity index (χ0v) is 12.4. The number of methoxy groups -OCH3 is 1. The molecular formula is C16H24FNO2. The van der Waals surface area contributed by atoms with Gasteiger partial charge in [-0.2, -0.15) is 0 Å². The van der Waals surface area contributed by atoms with Gasteiger partial charge in [0.2, 0.25) is 0 Å². The van der Waals surface area contributed by atoms with Gasteiger partial charge in [0.25, 0.3) is 0 Å². The first-order valence-electron chi connectivity index (χ1n) is 7.28. The average Bonchev–Trinajstić information content (AvgIpc) is 2.47. The van der Waals surface area contributed by atoms with Crippen LogP contribution < -0.4 is 4.74 Å². The van der Waals surface area contributed by atoms with Crippen LogP contribution in [0.25, 0.3) is 0 Å². The Bertz CT molecular complexity index is 446. The van der Waals surface area contributed by atoms with Crippen molar-refractivity contribution in [2.75, 3.05) is 26.8 Å². The van der Waals surface area contributed by atoms with Gasteiger partial charge in [0.05, 0.1) is 7.11 Å². The zero-order valence-electron chi connectivity index (χ0n) is 12.4. The normalized spacial score (nSPS) is 23.8. The first-order valence-corrected chi connectivity index (χ1v) is 7.28. The molecule has 0 aliphatic carbocycles. The van der Waals surface area contributed by atoms with Crippen LogP contribution in [-0.2, 0) is 6.54 Å². The summed E-state index contributed by atoms with van der Waals surface area (Å²) in [6.45, 7) is 4.98. The molecule has 112 valence electrons. The molecule has 1 atom stereocenters. The molecule has 1 aromatic rings. The molecule has 0 radical (unpaired) electrons. The Kier molecular flexibility index (Phi) is 5.00. The molecular weight excluding hydrogens is 257 g/mol. The molecule has 0 bridgehead atoms. The highest BCUT2D eigenvalue weighted by Gasteiger charge is 2.33. The van der Waals surface area contributed by atoms with E-state index in [2.05, 4.69) is 11.8 Å². The van der Waals surface area contributed by atoms with E-state index in [-0.39, 0.29) is 23.6 Å². The van der Waals surface area contributed by atoms with Crippen LogP contribution in [0.4, 0.5) is 4.39 Å². The lowest BCUT2D eigenvalue weighted by Gasteiger charge is -2.41. The van der Waals surface area contributed by atoms with Crippen molar-refractivity contribution >= 4 is 0 Å². The standard InChI is InChI=1S/C16H24FNO2/c1-3-16(12-19)7-4-8-18(11-16)10-13-5-6-15(20-2)14(17)9-13/h5-6,9,19H,3-4,7-8,10-12H2,1-2H3/t16-/m0/s1. The zero-order chi connectivity index (χ0) is 14.6. The highest BCUT2D eigenvalue weighted by atomic mass is 19.1. The molecule has 0 aromatic heterocycles. The predicted molar refractivity (Wildman–Crippen MR) is 77.3 cm³/mol. The van der Waals surface area contributed by atoms with Gasteiger partial charge in [-0.3, -0.25) is 4.90 Å². The molecule has 1 saturated heterocycles. The molecule has 0 amide bonds. The molecule has 0 spiro atoms. The predicted octanol–water partition coefficient (Wildman–Crippen LogP) is 2.82. The summed E-state index contributed by atoms with van der Waals surface area (Å²) >= 11 is 0. The second kappa shape index (κ2) is 6.55. The Hall–Kier alpha value is -1.13. The van der Waals surface area contributed by atoms with Crippen molar-refractivity contribution in [2.24, 2.45) is 5.41 Å². The summed E-state index contributed by atoms with van der Waals surface area (Å²) in [6.07, 6.45) is 3.15. The fourth-order valence-electron chi connectivity index (χ4n) is 3.04. The van der Waals surface area contributed by atoms with Crippen LogP contribution in [-0.4, -0.2) is 36.8 Å². The van der Waals surface area contributed by atoms with Crippen LogP contribution in [0.5, 0.6) is 5.75 Å². The number of aliphatic hydroxyl groups is 1. The lowest BCUT2D eigenvalue weighted by Crippen LogP contribution is -2.44. The minimum atomic E-state index is -0.314. The molecule has 1 aliphatic rings. The summed E-state index contributed by atoms with van der Waals surface area (Å²) in [5.74, 6) is -0.0309. The van der Waals surface area contributed by atoms with E-state index in [9.17, 15) is 9.50 Å². The van der Waals surface area contributed by atoms with Gasteiger partial charge in [0, 0.05) is 25.1 Å². The van der Waals surface area contributed by atoms with Gasteiger partial charge >= 0.3 is 0 Å². The van der Waals surface area contributed by atoms with Crippen LogP contribution in [0.15, 0.2) is 18.2 Å². The van der Waals surface area contributed by atoms with E-state index in [0.717, 1.165) is 44.5 Å². The maximum Gasteiger partial charge on any atom is 0.165 e. The quantitative estimate of drug-likeness (QED) is 0.901. The van der Waals surface area contributed by atoms with Crippen LogP contribution in [0, 0.1) is 11.2 Å². The summed E-state index contributed by atoms with van der Waals surface area (Å²) in [5.41, 5.74) is 0.969. The van der Waals surface area contributed by atoms with Crippen molar-refractivity contribution in [1.82, 2.24) is 4.90 Å². The largest absolute Gasteiger partial charge is 0.494 e. The number of halogens is 1. The fourth-order valence-corrected chi connectivity index (χ4v) is 3.04. The summed E-state index contributed by atoms with van der Waals surface area (Å²) in [4.78, 5) is 2.31. The Morgan fingerprint density at radius 2 is 2.25 bits per heavy atom. The van der Waals surface area contributed by atoms with Crippen LogP contribution >= 0.6 is 0 Å². The van der Waals surface area contributed by atoms with Crippen molar-refractivity contribution in [1.29, 1.82) is 0 Å². The van der Waals surface area contributed by atoms with Gasteiger partial charge in [0.1, 0.15) is 0 Å². The number of rotatable bonds is 5. The third-order valence-electron chi connectivity index (χ3n) is 4.45. The number of hydrogen-bond acceptors (Lipinski definition) is 3. The SMILES string of the molecule is CC[C@]1(CO)CCCN(Cc2ccc(OC)c(F)c2)C1. The summed E-state index contributed by atoms with van der Waals surface area (Å²) in [5, 5.41) is 9.63. The highest BCUT2D eigenvalue weighted by Crippen LogP contribution is 2.33. The number of piperidine rings is 1. The maximum absolute atomic E-state index is 13.7. The summed E-state index contributed by atoms with van der Waals surface area (Å²) < 4.78 is 18.6. The second-order valence-electron chi connectivity index (χ2n) is 5.79. The van der Waals surface area contributed by atoms with E-state index in [1.165, 1.54) is 7.11 Å². The first-order chi connectivity index (χ1) is 9.62. The number of likely N-dealkylation sites (tertiary alicyclic amines) is 1. The molecule has 3 nitrogen and oxygen atoms in total. The molecule has 1 N–H and O–H groups in total. The fraction of sp³-hybridized carbons (Fsp3) is 0.625. The van der Waals surface area contributed by atoms with Gasteiger partial charge in [-0.1, -0.05) is 13.0 Å². The number of hydrogen-bond donors (Lipinski definition) is 1. The topological polar surface area (TPSA) is 32.7 Å². The van der Waals surface area contributed by atoms with E-state index in [0.29, 0.717) is 0 Å². The van der Waals surface area contributed by atoms with E-state index in [1.807, 2.05) is 6.07 Å². The van der Waals surface area contributed by atoms with Crippen molar-refractivity contribution < 1.29 is 14.2 Å². The van der Waals surface area contributed by atoms with Crippen LogP contribution in [0.2, 0.25) is 0 Å². The highest BCUT2D eigenvalue weighted by molar-refractivity contribution is 5.29. The van der Waals surface area contributed by atoms with Gasteiger partial charge in [-0.05, 0) is 43.5 Å². The monoisotopic (exact) mass is 281 g/mol. The molecule has 20 heavy (non-hydrogen) atoms. The molecule has 4 heteroatoms. The number of ether oxygens (including phenoxy) is 1. The lowest BCUT2D eigenvalue weighted by atomic mass is 9.78. The van der Waals surface area contributed by atoms with Crippen molar-refractivity contribution in [3.05, 3.63) is 29.6 Å². The third-order valence-corrected chi connectivity index (χ3v) is 4.45. The number of benzene rings is 1. The van der Waals surface area contributed by atoms with Crippen LogP contribution in [0.3, 0.4) is 0 Å². The van der Waals surface area contributed by atoms with Crippen molar-refractivity contribution in [3.8, 4) is 5.75 Å². The smallest absolute Gasteiger partial charge is 0.165 e. The maximum atomic E-state index is 13.7. The van der Waals surface area contributed by atoms with Crippen molar-refractivity contribution in [3.63, 3.8) is 0 Å². The number of nitrogens with zero attached hydrogens (tertiary/aromatic N) is 1. The van der Waals surface area contributed by atoms with Crippen LogP contribution in [0.1, 0.15) is 31.7 Å². The second-order valence-corrected chi connectivity index (χ2v) is 5.79. The molecule has 1 heterocycles. The van der Waals surface area contributed by atoms with E-state index >= 15 is 0 Å². The molecule has 0 saturated carbocycles. The summed E-state index contributed by atoms with van der Waals surface area (Å²) in [7, 11) is 1.47. The lowest BCUT2D eigenvalue weighted by molar-refractivity contribution is 0.0258. The molecule has 1 aromatic carbocycles. The Morgan fingerprint density at radius 3 is 2.85 bits per heavy atom. The molecule has 1 fully saturated rings. The third kappa shape index (κ3) is 3.30. The number of aliphatic hydroxyl groups excluding tert-OH is 1. The molecule has 1 aliphatic heterocycles. The van der Waals surface area contributed by atoms with Gasteiger partial charge < -0.3 is 9.84 Å². The summed E-state index contributed by atoms with van der Waals surface area (Å²) in [6, 6.07) is 5.12. The average molecular weight is 281 g/mol. The van der Waals surface area contributed by atoms with Gasteiger partial charge in [0.15, 0.2) is 11.6 Å². The van der Waals surface area contributed by atoms with Crippen molar-refractivity contribution in [2.45, 2.75) is 32.7 Å². The van der Waals surface area contributed by atoms with Gasteiger partial charge in [-0.15, -0.1) is 0 Å². The van der Waals surface area contributed by atoms with E-state index in [1.54, 1.807) is 12.1 Å². The first kappa shape index (κ1) is 15.3. The van der Waals surface area contributed by atoms with E-state index < -0.39 is 0 Å². The van der Waals surface area contributed by atoms with Gasteiger partial charge in [-0.25, -0.2) is 4.39 Å². The minimum Gasteiger partial charge on any atom is -0.494 e. The van der Waals surface area contributed by atoms with E-state index in [4.69, 9.17) is 4.74 Å². The molecule has 2 rings (SSSR count). The molecule has 0 unspecified atom stereocenters. The Balaban J connectivity index is 2.04. The minimum absolute atomic E-state index is 0.0171. The Labute approximate surface area is 120 Å².